The van der Waals surface area contributed by atoms with Crippen molar-refractivity contribution in [3.63, 3.8) is 0 Å². The summed E-state index contributed by atoms with van der Waals surface area (Å²) in [5, 5.41) is 22.2. The molecule has 18 heavy (non-hydrogen) atoms. The highest BCUT2D eigenvalue weighted by Gasteiger charge is 2.19. The highest BCUT2D eigenvalue weighted by molar-refractivity contribution is 5.39. The standard InChI is InChI=1S/C14H23NO3/c1-10-5-6-13(18-3)12(9-10)14(17)11(2)15-7-4-8-16/h5-6,9,11,14-17H,4,7-8H2,1-3H3. The molecule has 1 aromatic rings. The van der Waals surface area contributed by atoms with E-state index in [1.54, 1.807) is 7.11 Å². The zero-order valence-electron chi connectivity index (χ0n) is 11.3. The second-order valence-electron chi connectivity index (χ2n) is 4.51. The van der Waals surface area contributed by atoms with Gasteiger partial charge in [-0.15, -0.1) is 0 Å². The van der Waals surface area contributed by atoms with Gasteiger partial charge in [-0.3, -0.25) is 0 Å². The zero-order chi connectivity index (χ0) is 13.5. The minimum atomic E-state index is -0.626. The lowest BCUT2D eigenvalue weighted by Gasteiger charge is -2.22. The minimum absolute atomic E-state index is 0.0905. The lowest BCUT2D eigenvalue weighted by molar-refractivity contribution is 0.131. The van der Waals surface area contributed by atoms with Gasteiger partial charge in [-0.05, 0) is 38.9 Å². The third kappa shape index (κ3) is 3.98. The summed E-state index contributed by atoms with van der Waals surface area (Å²) >= 11 is 0. The van der Waals surface area contributed by atoms with Crippen LogP contribution < -0.4 is 10.1 Å². The van der Waals surface area contributed by atoms with E-state index in [0.717, 1.165) is 11.1 Å². The molecule has 0 heterocycles. The van der Waals surface area contributed by atoms with E-state index in [0.29, 0.717) is 18.7 Å². The number of methoxy groups -OCH3 is 1. The molecule has 0 aliphatic heterocycles. The number of hydrogen-bond acceptors (Lipinski definition) is 4. The minimum Gasteiger partial charge on any atom is -0.496 e. The summed E-state index contributed by atoms with van der Waals surface area (Å²) < 4.78 is 5.27. The maximum atomic E-state index is 10.3. The number of nitrogens with one attached hydrogen (secondary N) is 1. The molecule has 1 rings (SSSR count). The van der Waals surface area contributed by atoms with E-state index >= 15 is 0 Å². The van der Waals surface area contributed by atoms with Crippen LogP contribution in [-0.4, -0.2) is 36.5 Å². The van der Waals surface area contributed by atoms with Crippen LogP contribution in [0.1, 0.15) is 30.6 Å². The van der Waals surface area contributed by atoms with E-state index in [9.17, 15) is 5.11 Å². The predicted octanol–water partition coefficient (Wildman–Crippen LogP) is 1.40. The van der Waals surface area contributed by atoms with Gasteiger partial charge >= 0.3 is 0 Å². The van der Waals surface area contributed by atoms with Crippen molar-refractivity contribution in [2.24, 2.45) is 0 Å². The Balaban J connectivity index is 2.75. The molecule has 0 radical (unpaired) electrons. The molecule has 1 aromatic carbocycles. The Hall–Kier alpha value is -1.10. The number of rotatable bonds is 7. The normalized spacial score (nSPS) is 14.3. The van der Waals surface area contributed by atoms with Crippen LogP contribution in [0.15, 0.2) is 18.2 Å². The molecule has 0 saturated carbocycles. The average molecular weight is 253 g/mol. The van der Waals surface area contributed by atoms with Crippen LogP contribution in [0.2, 0.25) is 0 Å². The fourth-order valence-electron chi connectivity index (χ4n) is 1.87. The Morgan fingerprint density at radius 3 is 2.72 bits per heavy atom. The molecule has 102 valence electrons. The van der Waals surface area contributed by atoms with E-state index in [1.165, 1.54) is 0 Å². The SMILES string of the molecule is COc1ccc(C)cc1C(O)C(C)NCCCO. The van der Waals surface area contributed by atoms with Crippen molar-refractivity contribution in [2.45, 2.75) is 32.4 Å². The fourth-order valence-corrected chi connectivity index (χ4v) is 1.87. The van der Waals surface area contributed by atoms with Crippen LogP contribution in [0.3, 0.4) is 0 Å². The Kier molecular flexibility index (Phi) is 6.12. The second kappa shape index (κ2) is 7.36. The molecule has 4 heteroatoms. The molecule has 3 N–H and O–H groups in total. The van der Waals surface area contributed by atoms with Crippen LogP contribution in [0.25, 0.3) is 0 Å². The highest BCUT2D eigenvalue weighted by atomic mass is 16.5. The number of hydrogen-bond donors (Lipinski definition) is 3. The van der Waals surface area contributed by atoms with Gasteiger partial charge < -0.3 is 20.3 Å². The van der Waals surface area contributed by atoms with Crippen molar-refractivity contribution in [3.8, 4) is 5.75 Å². The van der Waals surface area contributed by atoms with Crippen LogP contribution >= 0.6 is 0 Å². The molecule has 0 aliphatic carbocycles. The molecule has 2 atom stereocenters. The number of ether oxygens (including phenoxy) is 1. The predicted molar refractivity (Wildman–Crippen MR) is 71.9 cm³/mol. The molecule has 2 unspecified atom stereocenters. The van der Waals surface area contributed by atoms with Crippen molar-refractivity contribution in [1.82, 2.24) is 5.32 Å². The average Bonchev–Trinajstić information content (AvgIpc) is 2.38. The number of aliphatic hydroxyl groups is 2. The fraction of sp³-hybridized carbons (Fsp3) is 0.571. The van der Waals surface area contributed by atoms with Crippen LogP contribution in [0.5, 0.6) is 5.75 Å². The van der Waals surface area contributed by atoms with Crippen LogP contribution in [-0.2, 0) is 0 Å². The van der Waals surface area contributed by atoms with Crippen molar-refractivity contribution in [3.05, 3.63) is 29.3 Å². The summed E-state index contributed by atoms with van der Waals surface area (Å²) in [7, 11) is 1.60. The van der Waals surface area contributed by atoms with E-state index in [2.05, 4.69) is 5.32 Å². The van der Waals surface area contributed by atoms with Crippen molar-refractivity contribution < 1.29 is 14.9 Å². The monoisotopic (exact) mass is 253 g/mol. The smallest absolute Gasteiger partial charge is 0.124 e. The molecular formula is C14H23NO3. The summed E-state index contributed by atoms with van der Waals surface area (Å²) in [6.45, 7) is 4.75. The van der Waals surface area contributed by atoms with Gasteiger partial charge in [0.15, 0.2) is 0 Å². The van der Waals surface area contributed by atoms with Gasteiger partial charge in [0.2, 0.25) is 0 Å². The first-order chi connectivity index (χ1) is 8.60. The number of aliphatic hydroxyl groups excluding tert-OH is 2. The molecule has 0 saturated heterocycles. The van der Waals surface area contributed by atoms with Gasteiger partial charge in [0, 0.05) is 18.2 Å². The first kappa shape index (κ1) is 15.0. The Morgan fingerprint density at radius 1 is 1.39 bits per heavy atom. The third-order valence-corrected chi connectivity index (χ3v) is 2.98. The number of benzene rings is 1. The van der Waals surface area contributed by atoms with E-state index in [-0.39, 0.29) is 12.6 Å². The molecule has 0 aliphatic rings. The third-order valence-electron chi connectivity index (χ3n) is 2.98. The van der Waals surface area contributed by atoms with E-state index < -0.39 is 6.10 Å². The van der Waals surface area contributed by atoms with Gasteiger partial charge in [0.1, 0.15) is 5.75 Å². The molecule has 0 amide bonds. The molecular weight excluding hydrogens is 230 g/mol. The largest absolute Gasteiger partial charge is 0.496 e. The van der Waals surface area contributed by atoms with Crippen molar-refractivity contribution in [2.75, 3.05) is 20.3 Å². The summed E-state index contributed by atoms with van der Waals surface area (Å²) in [5.74, 6) is 0.698. The first-order valence-electron chi connectivity index (χ1n) is 6.27. The zero-order valence-corrected chi connectivity index (χ0v) is 11.3. The molecule has 0 bridgehead atoms. The quantitative estimate of drug-likeness (QED) is 0.643. The van der Waals surface area contributed by atoms with Gasteiger partial charge in [-0.2, -0.15) is 0 Å². The second-order valence-corrected chi connectivity index (χ2v) is 4.51. The number of aryl methyl sites for hydroxylation is 1. The molecule has 0 fully saturated rings. The first-order valence-corrected chi connectivity index (χ1v) is 6.27. The summed E-state index contributed by atoms with van der Waals surface area (Å²) in [6, 6.07) is 5.67. The van der Waals surface area contributed by atoms with Crippen molar-refractivity contribution >= 4 is 0 Å². The summed E-state index contributed by atoms with van der Waals surface area (Å²) in [6.07, 6.45) is 0.0562. The van der Waals surface area contributed by atoms with Crippen LogP contribution in [0, 0.1) is 6.92 Å². The van der Waals surface area contributed by atoms with Gasteiger partial charge in [-0.1, -0.05) is 11.6 Å². The molecule has 0 spiro atoms. The van der Waals surface area contributed by atoms with Crippen LogP contribution in [0.4, 0.5) is 0 Å². The lowest BCUT2D eigenvalue weighted by atomic mass is 10.0. The van der Waals surface area contributed by atoms with Gasteiger partial charge in [0.05, 0.1) is 13.2 Å². The molecule has 4 nitrogen and oxygen atoms in total. The lowest BCUT2D eigenvalue weighted by Crippen LogP contribution is -2.33. The Labute approximate surface area is 109 Å². The Bertz CT molecular complexity index is 368. The maximum absolute atomic E-state index is 10.3. The van der Waals surface area contributed by atoms with E-state index in [4.69, 9.17) is 9.84 Å². The topological polar surface area (TPSA) is 61.7 Å². The highest BCUT2D eigenvalue weighted by Crippen LogP contribution is 2.28. The van der Waals surface area contributed by atoms with Crippen molar-refractivity contribution in [1.29, 1.82) is 0 Å². The molecule has 0 aromatic heterocycles. The summed E-state index contributed by atoms with van der Waals surface area (Å²) in [5.41, 5.74) is 1.88. The Morgan fingerprint density at radius 2 is 2.11 bits per heavy atom. The van der Waals surface area contributed by atoms with Gasteiger partial charge in [-0.25, -0.2) is 0 Å². The maximum Gasteiger partial charge on any atom is 0.124 e. The summed E-state index contributed by atoms with van der Waals surface area (Å²) in [4.78, 5) is 0. The van der Waals surface area contributed by atoms with E-state index in [1.807, 2.05) is 32.0 Å². The van der Waals surface area contributed by atoms with Gasteiger partial charge in [0.25, 0.3) is 0 Å².